The fourth-order valence-corrected chi connectivity index (χ4v) is 7.28. The highest BCUT2D eigenvalue weighted by Crippen LogP contribution is 2.39. The van der Waals surface area contributed by atoms with Gasteiger partial charge in [0.25, 0.3) is 0 Å². The second-order valence-corrected chi connectivity index (χ2v) is 18.3. The molecule has 0 aromatic heterocycles. The summed E-state index contributed by atoms with van der Waals surface area (Å²) in [6, 6.07) is 32.3. The topological polar surface area (TPSA) is 117 Å². The molecule has 346 valence electrons. The minimum atomic E-state index is -0.911. The van der Waals surface area contributed by atoms with Crippen molar-refractivity contribution in [2.45, 2.75) is 124 Å². The molecular formula is C52H68F2N4O6. The van der Waals surface area contributed by atoms with Gasteiger partial charge >= 0.3 is 0 Å². The molecule has 0 aliphatic heterocycles. The van der Waals surface area contributed by atoms with Crippen molar-refractivity contribution in [3.8, 4) is 6.07 Å². The van der Waals surface area contributed by atoms with Gasteiger partial charge in [-0.05, 0) is 74.9 Å². The van der Waals surface area contributed by atoms with Gasteiger partial charge in [0.2, 0.25) is 5.91 Å². The first-order chi connectivity index (χ1) is 30.6. The van der Waals surface area contributed by atoms with Crippen molar-refractivity contribution in [2.75, 3.05) is 37.9 Å². The molecule has 0 radical (unpaired) electrons. The summed E-state index contributed by atoms with van der Waals surface area (Å²) < 4.78 is 57.2. The van der Waals surface area contributed by atoms with E-state index in [2.05, 4.69) is 11.7 Å². The summed E-state index contributed by atoms with van der Waals surface area (Å²) in [6.07, 6.45) is 1.87. The first kappa shape index (κ1) is 51.6. The van der Waals surface area contributed by atoms with E-state index in [1.807, 2.05) is 133 Å². The number of aliphatic imine (C=N–C) groups is 1. The Bertz CT molecular complexity index is 2040. The van der Waals surface area contributed by atoms with Gasteiger partial charge in [-0.3, -0.25) is 9.79 Å². The van der Waals surface area contributed by atoms with Crippen LogP contribution in [0.2, 0.25) is 0 Å². The number of aliphatic hydroxyl groups excluding tert-OH is 1. The lowest BCUT2D eigenvalue weighted by molar-refractivity contribution is -0.168. The van der Waals surface area contributed by atoms with E-state index in [0.717, 1.165) is 35.6 Å². The van der Waals surface area contributed by atoms with Gasteiger partial charge in [0, 0.05) is 31.7 Å². The second kappa shape index (κ2) is 26.1. The average molecular weight is 883 g/mol. The molecule has 4 aromatic carbocycles. The lowest BCUT2D eigenvalue weighted by atomic mass is 9.91. The molecule has 1 N–H and O–H groups in total. The van der Waals surface area contributed by atoms with Crippen molar-refractivity contribution in [1.29, 1.82) is 5.26 Å². The highest BCUT2D eigenvalue weighted by atomic mass is 19.1. The number of aliphatic hydroxyl groups is 1. The van der Waals surface area contributed by atoms with Crippen molar-refractivity contribution >= 4 is 24.0 Å². The molecule has 0 heterocycles. The van der Waals surface area contributed by atoms with Gasteiger partial charge in [0.05, 0.1) is 44.8 Å². The molecule has 0 aliphatic rings. The zero-order chi connectivity index (χ0) is 46.5. The highest BCUT2D eigenvalue weighted by molar-refractivity contribution is 5.78. The van der Waals surface area contributed by atoms with Crippen LogP contribution in [0.4, 0.5) is 20.2 Å². The fourth-order valence-electron chi connectivity index (χ4n) is 7.28. The molecule has 0 saturated carbocycles. The Hall–Kier alpha value is -5.03. The maximum absolute atomic E-state index is 15.9. The maximum atomic E-state index is 15.9. The van der Waals surface area contributed by atoms with E-state index in [1.165, 1.54) is 0 Å². The molecule has 64 heavy (non-hydrogen) atoms. The Morgan fingerprint density at radius 3 is 1.89 bits per heavy atom. The summed E-state index contributed by atoms with van der Waals surface area (Å²) in [7, 11) is 0. The lowest BCUT2D eigenvalue weighted by Gasteiger charge is -2.42. The van der Waals surface area contributed by atoms with Crippen LogP contribution in [-0.2, 0) is 43.6 Å². The van der Waals surface area contributed by atoms with Crippen molar-refractivity contribution in [3.05, 3.63) is 131 Å². The normalized spacial score (nSPS) is 13.2. The van der Waals surface area contributed by atoms with E-state index in [1.54, 1.807) is 15.9 Å². The predicted molar refractivity (Wildman–Crippen MR) is 249 cm³/mol. The minimum absolute atomic E-state index is 0.0499. The molecule has 0 aliphatic carbocycles. The number of rotatable bonds is 27. The molecular weight excluding hydrogens is 815 g/mol. The van der Waals surface area contributed by atoms with Crippen LogP contribution in [0.1, 0.15) is 102 Å². The molecule has 10 nitrogen and oxygen atoms in total. The van der Waals surface area contributed by atoms with Gasteiger partial charge in [-0.2, -0.15) is 5.26 Å². The Morgan fingerprint density at radius 1 is 0.797 bits per heavy atom. The van der Waals surface area contributed by atoms with Gasteiger partial charge in [-0.1, -0.05) is 125 Å². The van der Waals surface area contributed by atoms with Gasteiger partial charge in [0.1, 0.15) is 29.7 Å². The fraction of sp³-hybridized carbons (Fsp3) is 0.481. The molecule has 0 bridgehead atoms. The monoisotopic (exact) mass is 883 g/mol. The standard InChI is InChI=1S/C52H68F2N4O6/c1-51(2,3)32-46(60)57(38-58(52(4,5)6)49-47(54)42(33-55)31-43(53)48(49)56-7)28-19-8-9-20-30-62-45(37-61-34-39-21-13-10-14-22-39)50(64-36-41-25-17-12-18-26-41)44(27-29-59)63-35-40-23-15-11-16-24-40/h10-18,21-26,31,44-45,50,59H,7-9,19-20,27-30,32,34-38H2,1-6H3. The van der Waals surface area contributed by atoms with Crippen LogP contribution < -0.4 is 4.90 Å². The number of halogens is 2. The number of anilines is 1. The van der Waals surface area contributed by atoms with Gasteiger partial charge in [0.15, 0.2) is 11.6 Å². The number of nitriles is 1. The van der Waals surface area contributed by atoms with Crippen molar-refractivity contribution < 1.29 is 37.6 Å². The molecule has 12 heteroatoms. The Labute approximate surface area is 379 Å². The van der Waals surface area contributed by atoms with E-state index >= 15 is 8.78 Å². The summed E-state index contributed by atoms with van der Waals surface area (Å²) in [5.41, 5.74) is 0.939. The van der Waals surface area contributed by atoms with E-state index in [-0.39, 0.29) is 49.0 Å². The number of nitrogens with zero attached hydrogens (tertiary/aromatic N) is 4. The number of amides is 1. The first-order valence-electron chi connectivity index (χ1n) is 22.2. The third-order valence-corrected chi connectivity index (χ3v) is 10.7. The van der Waals surface area contributed by atoms with Crippen LogP contribution in [0.25, 0.3) is 0 Å². The Morgan fingerprint density at radius 2 is 1.36 bits per heavy atom. The van der Waals surface area contributed by atoms with Gasteiger partial charge in [-0.25, -0.2) is 8.78 Å². The maximum Gasteiger partial charge on any atom is 0.224 e. The molecule has 0 spiro atoms. The molecule has 3 unspecified atom stereocenters. The molecule has 0 fully saturated rings. The number of hydrogen-bond acceptors (Lipinski definition) is 9. The summed E-state index contributed by atoms with van der Waals surface area (Å²) in [6.45, 7) is 16.8. The smallest absolute Gasteiger partial charge is 0.224 e. The molecule has 1 amide bonds. The zero-order valence-electron chi connectivity index (χ0n) is 38.6. The largest absolute Gasteiger partial charge is 0.396 e. The van der Waals surface area contributed by atoms with Crippen molar-refractivity contribution in [2.24, 2.45) is 10.4 Å². The van der Waals surface area contributed by atoms with E-state index in [0.29, 0.717) is 52.2 Å². The summed E-state index contributed by atoms with van der Waals surface area (Å²) in [5.74, 6) is -1.90. The van der Waals surface area contributed by atoms with Crippen LogP contribution in [0.15, 0.2) is 102 Å². The third-order valence-electron chi connectivity index (χ3n) is 10.7. The molecule has 0 saturated heterocycles. The minimum Gasteiger partial charge on any atom is -0.396 e. The average Bonchev–Trinajstić information content (AvgIpc) is 3.26. The number of carbonyl (C=O) groups is 1. The quantitative estimate of drug-likeness (QED) is 0.0358. The van der Waals surface area contributed by atoms with Crippen molar-refractivity contribution in [1.82, 2.24) is 4.90 Å². The van der Waals surface area contributed by atoms with Crippen molar-refractivity contribution in [3.63, 3.8) is 0 Å². The highest BCUT2D eigenvalue weighted by Gasteiger charge is 2.35. The van der Waals surface area contributed by atoms with E-state index in [9.17, 15) is 15.2 Å². The first-order valence-corrected chi connectivity index (χ1v) is 22.2. The number of hydrogen-bond donors (Lipinski definition) is 1. The van der Waals surface area contributed by atoms with Gasteiger partial charge in [-0.15, -0.1) is 0 Å². The van der Waals surface area contributed by atoms with Crippen LogP contribution in [0.3, 0.4) is 0 Å². The zero-order valence-corrected chi connectivity index (χ0v) is 38.6. The predicted octanol–water partition coefficient (Wildman–Crippen LogP) is 10.7. The number of benzene rings is 4. The summed E-state index contributed by atoms with van der Waals surface area (Å²) in [4.78, 5) is 21.0. The van der Waals surface area contributed by atoms with Crippen LogP contribution in [0.5, 0.6) is 0 Å². The van der Waals surface area contributed by atoms with E-state index in [4.69, 9.17) is 18.9 Å². The molecule has 4 aromatic rings. The summed E-state index contributed by atoms with van der Waals surface area (Å²) in [5, 5.41) is 19.8. The Balaban J connectivity index is 1.49. The van der Waals surface area contributed by atoms with Crippen LogP contribution >= 0.6 is 0 Å². The van der Waals surface area contributed by atoms with Gasteiger partial charge < -0.3 is 33.9 Å². The molecule has 3 atom stereocenters. The molecule has 4 rings (SSSR count). The van der Waals surface area contributed by atoms with E-state index < -0.39 is 41.0 Å². The summed E-state index contributed by atoms with van der Waals surface area (Å²) >= 11 is 0. The third kappa shape index (κ3) is 16.8. The Kier molecular flexibility index (Phi) is 21.0. The second-order valence-electron chi connectivity index (χ2n) is 18.3. The van der Waals surface area contributed by atoms with Crippen LogP contribution in [-0.4, -0.2) is 79.5 Å². The number of carbonyl (C=O) groups excluding carboxylic acids is 1. The van der Waals surface area contributed by atoms with Crippen LogP contribution in [0, 0.1) is 28.4 Å². The number of ether oxygens (including phenoxy) is 4. The SMILES string of the molecule is C=Nc1c(F)cc(C#N)c(F)c1N(CN(CCCCCCOC(COCc1ccccc1)C(OCc1ccccc1)C(CCO)OCc1ccccc1)C(=O)CC(C)(C)C)C(C)(C)C. The lowest BCUT2D eigenvalue weighted by Crippen LogP contribution is -2.51. The number of unbranched alkanes of at least 4 members (excludes halogenated alkanes) is 3.